The lowest BCUT2D eigenvalue weighted by molar-refractivity contribution is 0.0807. The molecule has 0 unspecified atom stereocenters. The van der Waals surface area contributed by atoms with E-state index in [-0.39, 0.29) is 17.9 Å². The number of amides is 2. The number of halogens is 1. The van der Waals surface area contributed by atoms with Gasteiger partial charge in [-0.15, -0.1) is 0 Å². The van der Waals surface area contributed by atoms with Gasteiger partial charge in [0.15, 0.2) is 17.4 Å². The predicted molar refractivity (Wildman–Crippen MR) is 132 cm³/mol. The highest BCUT2D eigenvalue weighted by Gasteiger charge is 2.32. The van der Waals surface area contributed by atoms with Crippen LogP contribution < -0.4 is 0 Å². The quantitative estimate of drug-likeness (QED) is 0.347. The highest BCUT2D eigenvalue weighted by molar-refractivity contribution is 5.94. The Morgan fingerprint density at radius 2 is 1.97 bits per heavy atom. The molecular formula is C26H27FN6O3. The van der Waals surface area contributed by atoms with Gasteiger partial charge in [0.1, 0.15) is 5.69 Å². The van der Waals surface area contributed by atoms with E-state index in [1.165, 1.54) is 12.1 Å². The first-order valence-electron chi connectivity index (χ1n) is 12.2. The fraction of sp³-hybridized carbons (Fsp3) is 0.346. The number of aryl methyl sites for hydroxylation is 1. The lowest BCUT2D eigenvalue weighted by atomic mass is 9.96. The monoisotopic (exact) mass is 490 g/mol. The molecule has 4 aromatic rings. The summed E-state index contributed by atoms with van der Waals surface area (Å²) >= 11 is 0. The smallest absolute Gasteiger partial charge is 0.320 e. The number of imidazole rings is 1. The van der Waals surface area contributed by atoms with Crippen molar-refractivity contribution in [3.63, 3.8) is 0 Å². The number of benzene rings is 2. The molecule has 1 saturated heterocycles. The van der Waals surface area contributed by atoms with Crippen LogP contribution in [0.2, 0.25) is 0 Å². The number of aliphatic hydroxyl groups excluding tert-OH is 1. The van der Waals surface area contributed by atoms with Crippen molar-refractivity contribution >= 4 is 16.9 Å². The Morgan fingerprint density at radius 1 is 1.17 bits per heavy atom. The molecule has 4 N–H and O–H groups in total. The van der Waals surface area contributed by atoms with E-state index < -0.39 is 5.82 Å². The number of likely N-dealkylation sites (tertiary alicyclic amines) is 1. The molecule has 186 valence electrons. The molecule has 0 aliphatic carbocycles. The van der Waals surface area contributed by atoms with Crippen molar-refractivity contribution in [2.45, 2.75) is 45.4 Å². The molecule has 2 aliphatic heterocycles. The van der Waals surface area contributed by atoms with Crippen molar-refractivity contribution in [1.29, 1.82) is 0 Å². The summed E-state index contributed by atoms with van der Waals surface area (Å²) in [5.74, 6) is -0.360. The predicted octanol–water partition coefficient (Wildman–Crippen LogP) is 3.92. The SMILES string of the molecule is CCc1cc(O)c(F)cc1-c1ccc2c(-c3nc4c([nH]3)CN(C(=O)N3CCC(O)CC3)C4)n[nH]c2c1. The highest BCUT2D eigenvalue weighted by atomic mass is 19.1. The Morgan fingerprint density at radius 3 is 2.72 bits per heavy atom. The van der Waals surface area contributed by atoms with Gasteiger partial charge in [-0.2, -0.15) is 5.10 Å². The Balaban J connectivity index is 1.24. The van der Waals surface area contributed by atoms with Crippen LogP contribution in [-0.2, 0) is 19.5 Å². The summed E-state index contributed by atoms with van der Waals surface area (Å²) in [5, 5.41) is 27.8. The fourth-order valence-electron chi connectivity index (χ4n) is 5.17. The zero-order valence-electron chi connectivity index (χ0n) is 19.9. The van der Waals surface area contributed by atoms with E-state index >= 15 is 0 Å². The molecule has 0 atom stereocenters. The van der Waals surface area contributed by atoms with Crippen LogP contribution >= 0.6 is 0 Å². The molecule has 4 heterocycles. The van der Waals surface area contributed by atoms with Crippen LogP contribution in [0.1, 0.15) is 36.7 Å². The standard InChI is InChI=1S/C26H27FN6O3/c1-2-14-10-23(35)19(27)11-18(14)15-3-4-17-20(9-15)30-31-24(17)25-28-21-12-33(13-22(21)29-25)26(36)32-7-5-16(34)6-8-32/h3-4,9-11,16,34-35H,2,5-8,12-13H2,1H3,(H,28,29)(H,30,31). The summed E-state index contributed by atoms with van der Waals surface area (Å²) in [6.45, 7) is 3.99. The van der Waals surface area contributed by atoms with Crippen molar-refractivity contribution in [2.75, 3.05) is 13.1 Å². The molecule has 0 radical (unpaired) electrons. The van der Waals surface area contributed by atoms with Crippen molar-refractivity contribution < 1.29 is 19.4 Å². The molecule has 2 aromatic heterocycles. The van der Waals surface area contributed by atoms with Crippen molar-refractivity contribution in [3.05, 3.63) is 53.1 Å². The summed E-state index contributed by atoms with van der Waals surface area (Å²) in [6, 6.07) is 8.58. The van der Waals surface area contributed by atoms with Gasteiger partial charge in [-0.25, -0.2) is 14.2 Å². The summed E-state index contributed by atoms with van der Waals surface area (Å²) in [7, 11) is 0. The van der Waals surface area contributed by atoms with Gasteiger partial charge in [0.05, 0.1) is 36.1 Å². The summed E-state index contributed by atoms with van der Waals surface area (Å²) in [6.07, 6.45) is 1.57. The number of aliphatic hydroxyl groups is 1. The zero-order chi connectivity index (χ0) is 25.0. The number of carbonyl (C=O) groups is 1. The van der Waals surface area contributed by atoms with E-state index in [1.807, 2.05) is 25.1 Å². The van der Waals surface area contributed by atoms with Gasteiger partial charge in [0.2, 0.25) is 0 Å². The molecule has 0 saturated carbocycles. The second-order valence-electron chi connectivity index (χ2n) is 9.51. The maximum absolute atomic E-state index is 14.1. The topological polar surface area (TPSA) is 121 Å². The number of aromatic hydroxyl groups is 1. The Kier molecular flexibility index (Phi) is 5.40. The molecule has 0 bridgehead atoms. The number of fused-ring (bicyclic) bond motifs is 2. The lowest BCUT2D eigenvalue weighted by Gasteiger charge is -2.32. The van der Waals surface area contributed by atoms with Crippen molar-refractivity contribution in [3.8, 4) is 28.4 Å². The van der Waals surface area contributed by atoms with E-state index in [0.717, 1.165) is 39.0 Å². The number of phenols is 1. The van der Waals surface area contributed by atoms with E-state index in [2.05, 4.69) is 15.2 Å². The number of phenolic OH excluding ortho intramolecular Hbond substituents is 1. The molecule has 10 heteroatoms. The second kappa shape index (κ2) is 8.63. The highest BCUT2D eigenvalue weighted by Crippen LogP contribution is 2.34. The number of urea groups is 1. The maximum atomic E-state index is 14.1. The number of aromatic nitrogens is 4. The summed E-state index contributed by atoms with van der Waals surface area (Å²) < 4.78 is 14.1. The first-order valence-corrected chi connectivity index (χ1v) is 12.2. The number of H-pyrrole nitrogens is 2. The van der Waals surface area contributed by atoms with Crippen LogP contribution in [0.3, 0.4) is 0 Å². The van der Waals surface area contributed by atoms with Crippen LogP contribution in [-0.4, -0.2) is 65.4 Å². The van der Waals surface area contributed by atoms with Gasteiger partial charge in [-0.05, 0) is 60.2 Å². The average Bonchev–Trinajstić information content (AvgIpc) is 3.58. The van der Waals surface area contributed by atoms with Gasteiger partial charge < -0.3 is 25.0 Å². The number of hydrogen-bond donors (Lipinski definition) is 4. The third-order valence-corrected chi connectivity index (χ3v) is 7.21. The van der Waals surface area contributed by atoms with Gasteiger partial charge in [0, 0.05) is 18.5 Å². The van der Waals surface area contributed by atoms with E-state index in [0.29, 0.717) is 57.0 Å². The van der Waals surface area contributed by atoms with Crippen LogP contribution in [0, 0.1) is 5.82 Å². The minimum absolute atomic E-state index is 0.0234. The van der Waals surface area contributed by atoms with Crippen LogP contribution in [0.15, 0.2) is 30.3 Å². The van der Waals surface area contributed by atoms with Crippen LogP contribution in [0.4, 0.5) is 9.18 Å². The first-order chi connectivity index (χ1) is 17.4. The van der Waals surface area contributed by atoms with E-state index in [1.54, 1.807) is 9.80 Å². The second-order valence-corrected chi connectivity index (χ2v) is 9.51. The number of hydrogen-bond acceptors (Lipinski definition) is 5. The van der Waals surface area contributed by atoms with Gasteiger partial charge in [0.25, 0.3) is 0 Å². The summed E-state index contributed by atoms with van der Waals surface area (Å²) in [5.41, 5.74) is 5.62. The maximum Gasteiger partial charge on any atom is 0.320 e. The molecule has 6 rings (SSSR count). The average molecular weight is 491 g/mol. The number of nitrogens with one attached hydrogen (secondary N) is 2. The summed E-state index contributed by atoms with van der Waals surface area (Å²) in [4.78, 5) is 24.5. The van der Waals surface area contributed by atoms with Crippen molar-refractivity contribution in [2.24, 2.45) is 0 Å². The van der Waals surface area contributed by atoms with E-state index in [4.69, 9.17) is 4.98 Å². The minimum atomic E-state index is -0.650. The number of nitrogens with zero attached hydrogens (tertiary/aromatic N) is 4. The number of carbonyl (C=O) groups excluding carboxylic acids is 1. The molecule has 2 amide bonds. The van der Waals surface area contributed by atoms with E-state index in [9.17, 15) is 19.4 Å². The molecular weight excluding hydrogens is 463 g/mol. The van der Waals surface area contributed by atoms with Gasteiger partial charge in [-0.1, -0.05) is 13.0 Å². The largest absolute Gasteiger partial charge is 0.505 e. The number of aromatic amines is 2. The number of rotatable bonds is 3. The van der Waals surface area contributed by atoms with Crippen molar-refractivity contribution in [1.82, 2.24) is 30.0 Å². The molecule has 0 spiro atoms. The third-order valence-electron chi connectivity index (χ3n) is 7.21. The Labute approximate surface area is 206 Å². The Hall–Kier alpha value is -3.92. The third kappa shape index (κ3) is 3.78. The number of piperidine rings is 1. The molecule has 9 nitrogen and oxygen atoms in total. The Bertz CT molecular complexity index is 1450. The van der Waals surface area contributed by atoms with Gasteiger partial charge in [-0.3, -0.25) is 5.10 Å². The van der Waals surface area contributed by atoms with Crippen LogP contribution in [0.25, 0.3) is 33.5 Å². The normalized spacial score (nSPS) is 16.2. The minimum Gasteiger partial charge on any atom is -0.505 e. The van der Waals surface area contributed by atoms with Gasteiger partial charge >= 0.3 is 6.03 Å². The first kappa shape index (κ1) is 22.5. The zero-order valence-corrected chi connectivity index (χ0v) is 19.9. The lowest BCUT2D eigenvalue weighted by Crippen LogP contribution is -2.45. The fourth-order valence-corrected chi connectivity index (χ4v) is 5.17. The molecule has 1 fully saturated rings. The molecule has 36 heavy (non-hydrogen) atoms. The van der Waals surface area contributed by atoms with Crippen LogP contribution in [0.5, 0.6) is 5.75 Å². The molecule has 2 aliphatic rings. The molecule has 2 aromatic carbocycles.